The number of hydrogen-bond acceptors (Lipinski definition) is 5. The molecule has 2 aromatic carbocycles. The Kier molecular flexibility index (Phi) is 7.44. The first-order valence-corrected chi connectivity index (χ1v) is 9.96. The summed E-state index contributed by atoms with van der Waals surface area (Å²) in [5, 5.41) is 2.15. The van der Waals surface area contributed by atoms with E-state index in [1.54, 1.807) is 6.07 Å². The molecule has 12 heteroatoms. The van der Waals surface area contributed by atoms with Crippen molar-refractivity contribution < 1.29 is 45.1 Å². The van der Waals surface area contributed by atoms with Crippen LogP contribution in [0.3, 0.4) is 0 Å². The maximum atomic E-state index is 14.1. The molecule has 2 atom stereocenters. The van der Waals surface area contributed by atoms with Crippen LogP contribution in [0.1, 0.15) is 13.8 Å². The summed E-state index contributed by atoms with van der Waals surface area (Å²) < 4.78 is 96.1. The monoisotopic (exact) mass is 453 g/mol. The van der Waals surface area contributed by atoms with Gasteiger partial charge in [-0.25, -0.2) is 17.7 Å². The Balaban J connectivity index is 2.55. The summed E-state index contributed by atoms with van der Waals surface area (Å²) >= 11 is 0. The lowest BCUT2D eigenvalue weighted by Gasteiger charge is -2.26. The molecule has 30 heavy (non-hydrogen) atoms. The first-order valence-electron chi connectivity index (χ1n) is 8.42. The summed E-state index contributed by atoms with van der Waals surface area (Å²) in [6.45, 7) is 3.03. The van der Waals surface area contributed by atoms with Crippen molar-refractivity contribution in [1.29, 1.82) is 0 Å². The first-order chi connectivity index (χ1) is 14.0. The van der Waals surface area contributed by atoms with Crippen molar-refractivity contribution in [3.8, 4) is 11.5 Å². The Morgan fingerprint density at radius 3 is 1.87 bits per heavy atom. The van der Waals surface area contributed by atoms with Gasteiger partial charge in [-0.3, -0.25) is 4.79 Å². The van der Waals surface area contributed by atoms with E-state index in [0.29, 0.717) is 0 Å². The topological polar surface area (TPSA) is 73.9 Å². The number of carbonyl (C=O) groups excluding carboxylic acids is 1. The van der Waals surface area contributed by atoms with Crippen LogP contribution >= 0.6 is 7.75 Å². The number of halogens is 5. The molecule has 0 fully saturated rings. The Labute approximate surface area is 168 Å². The average Bonchev–Trinajstić information content (AvgIpc) is 2.72. The van der Waals surface area contributed by atoms with Crippen LogP contribution in [-0.2, 0) is 14.1 Å². The van der Waals surface area contributed by atoms with E-state index in [9.17, 15) is 31.3 Å². The Morgan fingerprint density at radius 1 is 0.900 bits per heavy atom. The standard InChI is InChI=1S/C18H17F5NO5P/c1-9(2)16(18(25)27-3)24-30(26,28-10-7-5-4-6-8-10)29-17-14(22)12(20)11(19)13(21)15(17)23/h4-9,16H,1-3H3,(H,24,26)/t16-,30?/m0/s1. The SMILES string of the molecule is COC(=O)[C@@H](NP(=O)(Oc1ccccc1)Oc1c(F)c(F)c(F)c(F)c1F)C(C)C. The van der Waals surface area contributed by atoms with Crippen molar-refractivity contribution in [1.82, 2.24) is 5.09 Å². The maximum Gasteiger partial charge on any atom is 0.513 e. The second-order valence-corrected chi connectivity index (χ2v) is 7.88. The van der Waals surface area contributed by atoms with Crippen molar-refractivity contribution in [3.05, 3.63) is 59.4 Å². The van der Waals surface area contributed by atoms with E-state index in [2.05, 4.69) is 14.3 Å². The summed E-state index contributed by atoms with van der Waals surface area (Å²) in [7, 11) is -3.90. The number of carbonyl (C=O) groups is 1. The average molecular weight is 453 g/mol. The van der Waals surface area contributed by atoms with Crippen molar-refractivity contribution in [2.75, 3.05) is 7.11 Å². The molecule has 0 aromatic heterocycles. The highest BCUT2D eigenvalue weighted by molar-refractivity contribution is 7.52. The minimum absolute atomic E-state index is 0.135. The van der Waals surface area contributed by atoms with Crippen LogP contribution in [0, 0.1) is 35.0 Å². The molecule has 0 heterocycles. The van der Waals surface area contributed by atoms with Gasteiger partial charge in [0.2, 0.25) is 34.8 Å². The quantitative estimate of drug-likeness (QED) is 0.205. The van der Waals surface area contributed by atoms with Crippen LogP contribution in [-0.4, -0.2) is 19.1 Å². The smallest absolute Gasteiger partial charge is 0.468 e. The Morgan fingerprint density at radius 2 is 1.40 bits per heavy atom. The predicted molar refractivity (Wildman–Crippen MR) is 95.3 cm³/mol. The molecule has 0 radical (unpaired) electrons. The highest BCUT2D eigenvalue weighted by atomic mass is 31.2. The van der Waals surface area contributed by atoms with Crippen molar-refractivity contribution in [2.45, 2.75) is 19.9 Å². The van der Waals surface area contributed by atoms with Gasteiger partial charge in [-0.2, -0.15) is 13.9 Å². The Bertz CT molecular complexity index is 944. The lowest BCUT2D eigenvalue weighted by molar-refractivity contribution is -0.143. The molecule has 164 valence electrons. The van der Waals surface area contributed by atoms with Gasteiger partial charge in [0.05, 0.1) is 7.11 Å². The van der Waals surface area contributed by atoms with Crippen LogP contribution < -0.4 is 14.1 Å². The zero-order chi connectivity index (χ0) is 22.6. The van der Waals surface area contributed by atoms with E-state index >= 15 is 0 Å². The fourth-order valence-corrected chi connectivity index (χ4v) is 3.93. The van der Waals surface area contributed by atoms with Crippen LogP contribution in [0.2, 0.25) is 0 Å². The van der Waals surface area contributed by atoms with Gasteiger partial charge < -0.3 is 13.8 Å². The summed E-state index contributed by atoms with van der Waals surface area (Å²) in [6, 6.07) is 5.70. The minimum Gasteiger partial charge on any atom is -0.468 e. The first kappa shape index (κ1) is 23.6. The fraction of sp³-hybridized carbons (Fsp3) is 0.278. The number of hydrogen-bond donors (Lipinski definition) is 1. The molecule has 0 amide bonds. The van der Waals surface area contributed by atoms with Gasteiger partial charge in [-0.15, -0.1) is 0 Å². The van der Waals surface area contributed by atoms with Gasteiger partial charge in [0.15, 0.2) is 0 Å². The number of esters is 1. The molecule has 0 aliphatic rings. The van der Waals surface area contributed by atoms with Gasteiger partial charge in [-0.1, -0.05) is 32.0 Å². The van der Waals surface area contributed by atoms with Crippen LogP contribution in [0.15, 0.2) is 30.3 Å². The van der Waals surface area contributed by atoms with Crippen LogP contribution in [0.25, 0.3) is 0 Å². The minimum atomic E-state index is -4.94. The second-order valence-electron chi connectivity index (χ2n) is 6.27. The van der Waals surface area contributed by atoms with Crippen LogP contribution in [0.5, 0.6) is 11.5 Å². The van der Waals surface area contributed by atoms with Crippen molar-refractivity contribution in [3.63, 3.8) is 0 Å². The second kappa shape index (κ2) is 9.44. The summed E-state index contributed by atoms with van der Waals surface area (Å²) in [4.78, 5) is 12.0. The third-order valence-corrected chi connectivity index (χ3v) is 5.24. The number of ether oxygens (including phenoxy) is 1. The molecule has 0 aliphatic carbocycles. The predicted octanol–water partition coefficient (Wildman–Crippen LogP) is 4.74. The van der Waals surface area contributed by atoms with E-state index in [0.717, 1.165) is 7.11 Å². The van der Waals surface area contributed by atoms with E-state index in [1.165, 1.54) is 38.1 Å². The lowest BCUT2D eigenvalue weighted by Crippen LogP contribution is -2.41. The highest BCUT2D eigenvalue weighted by Gasteiger charge is 2.40. The summed E-state index contributed by atoms with van der Waals surface area (Å²) in [5.74, 6) is -15.2. The molecule has 0 spiro atoms. The van der Waals surface area contributed by atoms with Crippen molar-refractivity contribution in [2.24, 2.45) is 5.92 Å². The van der Waals surface area contributed by atoms with E-state index in [-0.39, 0.29) is 5.75 Å². The highest BCUT2D eigenvalue weighted by Crippen LogP contribution is 2.48. The molecule has 0 aliphatic heterocycles. The molecule has 1 N–H and O–H groups in total. The summed E-state index contributed by atoms with van der Waals surface area (Å²) in [6.07, 6.45) is 0. The fourth-order valence-electron chi connectivity index (χ4n) is 2.25. The maximum absolute atomic E-state index is 14.1. The third kappa shape index (κ3) is 5.09. The molecular formula is C18H17F5NO5P. The van der Waals surface area contributed by atoms with Crippen molar-refractivity contribution >= 4 is 13.7 Å². The van der Waals surface area contributed by atoms with Gasteiger partial charge in [0.25, 0.3) is 0 Å². The molecular weight excluding hydrogens is 436 g/mol. The molecule has 2 aromatic rings. The molecule has 6 nitrogen and oxygen atoms in total. The number of methoxy groups -OCH3 is 1. The largest absolute Gasteiger partial charge is 0.513 e. The van der Waals surface area contributed by atoms with E-state index in [4.69, 9.17) is 4.52 Å². The van der Waals surface area contributed by atoms with E-state index in [1.807, 2.05) is 0 Å². The molecule has 0 bridgehead atoms. The van der Waals surface area contributed by atoms with E-state index < -0.39 is 60.5 Å². The van der Waals surface area contributed by atoms with Gasteiger partial charge in [-0.05, 0) is 18.1 Å². The summed E-state index contributed by atoms with van der Waals surface area (Å²) in [5.41, 5.74) is 0. The zero-order valence-electron chi connectivity index (χ0n) is 15.9. The zero-order valence-corrected chi connectivity index (χ0v) is 16.8. The third-order valence-electron chi connectivity index (χ3n) is 3.77. The molecule has 2 rings (SSSR count). The normalized spacial score (nSPS) is 14.2. The number of benzene rings is 2. The molecule has 0 saturated heterocycles. The van der Waals surface area contributed by atoms with Gasteiger partial charge in [0.1, 0.15) is 11.8 Å². The number of rotatable bonds is 8. The lowest BCUT2D eigenvalue weighted by atomic mass is 10.1. The molecule has 1 unspecified atom stereocenters. The molecule has 0 saturated carbocycles. The number of nitrogens with one attached hydrogen (secondary N) is 1. The Hall–Kier alpha value is -2.65. The van der Waals surface area contributed by atoms with Gasteiger partial charge in [0, 0.05) is 0 Å². The van der Waals surface area contributed by atoms with Crippen LogP contribution in [0.4, 0.5) is 22.0 Å². The number of para-hydroxylation sites is 1. The van der Waals surface area contributed by atoms with Gasteiger partial charge >= 0.3 is 13.7 Å².